The lowest BCUT2D eigenvalue weighted by Crippen LogP contribution is -2.55. The van der Waals surface area contributed by atoms with Gasteiger partial charge in [0.2, 0.25) is 0 Å². The van der Waals surface area contributed by atoms with E-state index in [9.17, 15) is 4.79 Å². The van der Waals surface area contributed by atoms with Crippen LogP contribution >= 0.6 is 0 Å². The van der Waals surface area contributed by atoms with E-state index in [2.05, 4.69) is 34.6 Å². The topological polar surface area (TPSA) is 44.8 Å². The standard InChI is InChI=1S/C35H58O4/c1-6-7-8-9-10-11-31(36)38-26-15-17-33(4)25(20-26)12-13-27-28(33)16-18-34(5)29(27)21-30-32(34)24(3)35(39-30)19-14-23(2)22-37-35/h23-30,32H,6-22H2,1-5H3/t23-,24+,25+,26-,27-,28+,29-,30+,32+,33+,34+,35-/m1/s1. The molecule has 0 aromatic heterocycles. The summed E-state index contributed by atoms with van der Waals surface area (Å²) in [6.45, 7) is 13.2. The Balaban J connectivity index is 1.07. The van der Waals surface area contributed by atoms with Gasteiger partial charge in [0.25, 0.3) is 0 Å². The maximum atomic E-state index is 12.6. The number of esters is 1. The number of carbonyl (C=O) groups is 1. The average molecular weight is 543 g/mol. The van der Waals surface area contributed by atoms with Crippen molar-refractivity contribution in [2.75, 3.05) is 6.61 Å². The molecule has 1 spiro atoms. The Kier molecular flexibility index (Phi) is 7.97. The maximum absolute atomic E-state index is 12.6. The predicted octanol–water partition coefficient (Wildman–Crippen LogP) is 8.71. The molecule has 6 aliphatic rings. The van der Waals surface area contributed by atoms with E-state index < -0.39 is 0 Å². The van der Waals surface area contributed by atoms with Gasteiger partial charge in [0.05, 0.1) is 12.7 Å². The van der Waals surface area contributed by atoms with Gasteiger partial charge in [-0.25, -0.2) is 0 Å². The van der Waals surface area contributed by atoms with Crippen molar-refractivity contribution in [1.29, 1.82) is 0 Å². The first-order valence-corrected chi connectivity index (χ1v) is 17.2. The molecule has 2 heterocycles. The zero-order valence-electron chi connectivity index (χ0n) is 25.8. The number of unbranched alkanes of at least 4 members (excludes halogenated alkanes) is 4. The molecular formula is C35H58O4. The molecule has 4 saturated carbocycles. The van der Waals surface area contributed by atoms with Gasteiger partial charge < -0.3 is 14.2 Å². The second-order valence-corrected chi connectivity index (χ2v) is 15.7. The van der Waals surface area contributed by atoms with Gasteiger partial charge in [-0.2, -0.15) is 0 Å². The molecule has 39 heavy (non-hydrogen) atoms. The molecule has 0 amide bonds. The molecule has 6 rings (SSSR count). The molecule has 4 nitrogen and oxygen atoms in total. The zero-order valence-corrected chi connectivity index (χ0v) is 25.8. The van der Waals surface area contributed by atoms with E-state index in [4.69, 9.17) is 14.2 Å². The Morgan fingerprint density at radius 3 is 2.44 bits per heavy atom. The lowest BCUT2D eigenvalue weighted by molar-refractivity contribution is -0.273. The molecule has 2 aliphatic heterocycles. The first-order chi connectivity index (χ1) is 18.7. The van der Waals surface area contributed by atoms with Crippen LogP contribution in [0.25, 0.3) is 0 Å². The van der Waals surface area contributed by atoms with Gasteiger partial charge in [-0.3, -0.25) is 4.79 Å². The predicted molar refractivity (Wildman–Crippen MR) is 155 cm³/mol. The maximum Gasteiger partial charge on any atom is 0.306 e. The molecule has 4 aliphatic carbocycles. The minimum Gasteiger partial charge on any atom is -0.462 e. The van der Waals surface area contributed by atoms with E-state index in [1.54, 1.807) is 0 Å². The molecule has 0 radical (unpaired) electrons. The number of ether oxygens (including phenoxy) is 3. The molecule has 12 atom stereocenters. The van der Waals surface area contributed by atoms with Crippen LogP contribution in [0, 0.1) is 52.3 Å². The second-order valence-electron chi connectivity index (χ2n) is 15.7. The van der Waals surface area contributed by atoms with Crippen molar-refractivity contribution >= 4 is 5.97 Å². The van der Waals surface area contributed by atoms with Crippen molar-refractivity contribution in [3.8, 4) is 0 Å². The van der Waals surface area contributed by atoms with E-state index in [-0.39, 0.29) is 17.9 Å². The molecule has 2 saturated heterocycles. The van der Waals surface area contributed by atoms with Crippen LogP contribution in [0.5, 0.6) is 0 Å². The summed E-state index contributed by atoms with van der Waals surface area (Å²) >= 11 is 0. The van der Waals surface area contributed by atoms with Gasteiger partial charge in [0.1, 0.15) is 6.10 Å². The molecule has 0 aromatic rings. The van der Waals surface area contributed by atoms with E-state index in [1.165, 1.54) is 64.2 Å². The molecular weight excluding hydrogens is 484 g/mol. The summed E-state index contributed by atoms with van der Waals surface area (Å²) in [5, 5.41) is 0. The molecule has 222 valence electrons. The van der Waals surface area contributed by atoms with Crippen molar-refractivity contribution in [1.82, 2.24) is 0 Å². The van der Waals surface area contributed by atoms with Gasteiger partial charge in [0, 0.05) is 18.8 Å². The van der Waals surface area contributed by atoms with E-state index in [0.29, 0.717) is 41.1 Å². The summed E-state index contributed by atoms with van der Waals surface area (Å²) in [6, 6.07) is 0. The van der Waals surface area contributed by atoms with Gasteiger partial charge >= 0.3 is 5.97 Å². The van der Waals surface area contributed by atoms with Crippen LogP contribution in [-0.2, 0) is 19.0 Å². The van der Waals surface area contributed by atoms with Gasteiger partial charge in [0.15, 0.2) is 5.79 Å². The third kappa shape index (κ3) is 4.84. The smallest absolute Gasteiger partial charge is 0.306 e. The SMILES string of the molecule is CCCCCCCC(=O)O[C@@H]1CC[C@@]2(C)[C@@H](CC[C@H]3[C@H]4C[C@@H]5O[C@]6(CC[C@@H](C)CO6)[C@@H](C)[C@@H]5[C@@]4(C)CC[C@@H]32)C1. The third-order valence-electron chi connectivity index (χ3n) is 13.7. The minimum atomic E-state index is -0.304. The van der Waals surface area contributed by atoms with Crippen LogP contribution in [0.3, 0.4) is 0 Å². The fourth-order valence-corrected chi connectivity index (χ4v) is 11.5. The highest BCUT2D eigenvalue weighted by Gasteiger charge is 2.69. The van der Waals surface area contributed by atoms with Crippen LogP contribution in [0.1, 0.15) is 137 Å². The third-order valence-corrected chi connectivity index (χ3v) is 13.7. The van der Waals surface area contributed by atoms with Gasteiger partial charge in [-0.05, 0) is 111 Å². The van der Waals surface area contributed by atoms with Crippen LogP contribution in [0.15, 0.2) is 0 Å². The monoisotopic (exact) mass is 542 g/mol. The van der Waals surface area contributed by atoms with E-state index in [1.807, 2.05) is 0 Å². The van der Waals surface area contributed by atoms with Crippen molar-refractivity contribution in [3.63, 3.8) is 0 Å². The first kappa shape index (κ1) is 28.5. The Hall–Kier alpha value is -0.610. The lowest BCUT2D eigenvalue weighted by Gasteiger charge is -2.61. The van der Waals surface area contributed by atoms with Crippen molar-refractivity contribution in [2.24, 2.45) is 52.3 Å². The zero-order chi connectivity index (χ0) is 27.4. The molecule has 4 heteroatoms. The van der Waals surface area contributed by atoms with Crippen molar-refractivity contribution < 1.29 is 19.0 Å². The molecule has 0 unspecified atom stereocenters. The Morgan fingerprint density at radius 2 is 1.67 bits per heavy atom. The van der Waals surface area contributed by atoms with Crippen LogP contribution in [0.2, 0.25) is 0 Å². The Bertz CT molecular complexity index is 878. The Labute approximate surface area is 239 Å². The van der Waals surface area contributed by atoms with Crippen LogP contribution in [-0.4, -0.2) is 30.6 Å². The summed E-state index contributed by atoms with van der Waals surface area (Å²) < 4.78 is 19.6. The number of hydrogen-bond acceptors (Lipinski definition) is 4. The molecule has 0 N–H and O–H groups in total. The fraction of sp³-hybridized carbons (Fsp3) is 0.971. The lowest BCUT2D eigenvalue weighted by atomic mass is 9.44. The fourth-order valence-electron chi connectivity index (χ4n) is 11.5. The highest BCUT2D eigenvalue weighted by molar-refractivity contribution is 5.69. The van der Waals surface area contributed by atoms with Crippen molar-refractivity contribution in [2.45, 2.75) is 155 Å². The highest BCUT2D eigenvalue weighted by atomic mass is 16.7. The van der Waals surface area contributed by atoms with Crippen molar-refractivity contribution in [3.05, 3.63) is 0 Å². The molecule has 0 bridgehead atoms. The summed E-state index contributed by atoms with van der Waals surface area (Å²) in [7, 11) is 0. The highest BCUT2D eigenvalue weighted by Crippen LogP contribution is 2.71. The molecule has 6 fully saturated rings. The van der Waals surface area contributed by atoms with Crippen LogP contribution in [0.4, 0.5) is 0 Å². The molecule has 0 aromatic carbocycles. The second kappa shape index (κ2) is 10.9. The number of carbonyl (C=O) groups excluding carboxylic acids is 1. The summed E-state index contributed by atoms with van der Waals surface area (Å²) in [5.41, 5.74) is 0.815. The largest absolute Gasteiger partial charge is 0.462 e. The van der Waals surface area contributed by atoms with E-state index >= 15 is 0 Å². The number of rotatable bonds is 7. The normalized spacial score (nSPS) is 50.6. The van der Waals surface area contributed by atoms with Gasteiger partial charge in [-0.1, -0.05) is 60.3 Å². The Morgan fingerprint density at radius 1 is 0.872 bits per heavy atom. The van der Waals surface area contributed by atoms with Gasteiger partial charge in [-0.15, -0.1) is 0 Å². The average Bonchev–Trinajstić information content (AvgIpc) is 3.36. The van der Waals surface area contributed by atoms with Crippen LogP contribution < -0.4 is 0 Å². The summed E-state index contributed by atoms with van der Waals surface area (Å²) in [6.07, 6.45) is 19.5. The first-order valence-electron chi connectivity index (χ1n) is 17.2. The number of fused-ring (bicyclic) bond motifs is 7. The minimum absolute atomic E-state index is 0.0583. The van der Waals surface area contributed by atoms with E-state index in [0.717, 1.165) is 62.4 Å². The quantitative estimate of drug-likeness (QED) is 0.238. The summed E-state index contributed by atoms with van der Waals surface area (Å²) in [5.74, 6) is 4.77. The number of hydrogen-bond donors (Lipinski definition) is 0. The summed E-state index contributed by atoms with van der Waals surface area (Å²) in [4.78, 5) is 12.6.